The first kappa shape index (κ1) is 15.8. The van der Waals surface area contributed by atoms with Gasteiger partial charge in [0.25, 0.3) is 11.1 Å². The lowest BCUT2D eigenvalue weighted by molar-refractivity contribution is -0.119. The molecule has 0 aliphatic carbocycles. The van der Waals surface area contributed by atoms with E-state index >= 15 is 0 Å². The number of thioether (sulfide) groups is 1. The van der Waals surface area contributed by atoms with Gasteiger partial charge in [0.2, 0.25) is 5.91 Å². The molecule has 1 unspecified atom stereocenters. The summed E-state index contributed by atoms with van der Waals surface area (Å²) in [7, 11) is 0. The summed E-state index contributed by atoms with van der Waals surface area (Å²) in [5.74, 6) is 0.659. The van der Waals surface area contributed by atoms with E-state index in [1.165, 1.54) is 23.1 Å². The molecule has 0 fully saturated rings. The van der Waals surface area contributed by atoms with Gasteiger partial charge in [-0.15, -0.1) is 21.5 Å². The van der Waals surface area contributed by atoms with Crippen LogP contribution in [-0.4, -0.2) is 21.9 Å². The van der Waals surface area contributed by atoms with Crippen molar-refractivity contribution in [3.05, 3.63) is 53.4 Å². The summed E-state index contributed by atoms with van der Waals surface area (Å²) in [5.41, 5.74) is 1.07. The molecule has 2 aromatic heterocycles. The summed E-state index contributed by atoms with van der Waals surface area (Å²) < 4.78 is 5.54. The average Bonchev–Trinajstić information content (AvgIpc) is 3.25. The van der Waals surface area contributed by atoms with E-state index < -0.39 is 0 Å². The van der Waals surface area contributed by atoms with Crippen molar-refractivity contribution < 1.29 is 9.21 Å². The molecular formula is C16H15N3O2S2. The number of hydrogen-bond donors (Lipinski definition) is 1. The second-order valence-corrected chi connectivity index (χ2v) is 6.71. The zero-order chi connectivity index (χ0) is 16.1. The number of hydrogen-bond acceptors (Lipinski definition) is 6. The lowest BCUT2D eigenvalue weighted by atomic mass is 10.1. The Labute approximate surface area is 142 Å². The Morgan fingerprint density at radius 2 is 2.09 bits per heavy atom. The molecular weight excluding hydrogens is 330 g/mol. The van der Waals surface area contributed by atoms with Gasteiger partial charge in [-0.05, 0) is 23.9 Å². The number of benzene rings is 1. The first-order valence-electron chi connectivity index (χ1n) is 7.07. The van der Waals surface area contributed by atoms with Crippen LogP contribution in [0.4, 0.5) is 0 Å². The van der Waals surface area contributed by atoms with Crippen molar-refractivity contribution in [2.75, 3.05) is 5.75 Å². The van der Waals surface area contributed by atoms with Gasteiger partial charge in [0.05, 0.1) is 16.7 Å². The molecule has 1 amide bonds. The van der Waals surface area contributed by atoms with E-state index in [9.17, 15) is 4.79 Å². The molecule has 1 atom stereocenters. The van der Waals surface area contributed by atoms with Crippen LogP contribution in [0.3, 0.4) is 0 Å². The van der Waals surface area contributed by atoms with Crippen molar-refractivity contribution in [2.24, 2.45) is 0 Å². The highest BCUT2D eigenvalue weighted by atomic mass is 32.2. The van der Waals surface area contributed by atoms with Gasteiger partial charge in [-0.3, -0.25) is 4.79 Å². The monoisotopic (exact) mass is 345 g/mol. The summed E-state index contributed by atoms with van der Waals surface area (Å²) >= 11 is 2.77. The third-order valence-electron chi connectivity index (χ3n) is 3.14. The molecule has 118 valence electrons. The first-order chi connectivity index (χ1) is 11.2. The van der Waals surface area contributed by atoms with E-state index in [2.05, 4.69) is 15.5 Å². The molecule has 2 heterocycles. The van der Waals surface area contributed by atoms with E-state index in [1.54, 1.807) is 0 Å². The van der Waals surface area contributed by atoms with Crippen molar-refractivity contribution in [3.63, 3.8) is 0 Å². The molecule has 3 aromatic rings. The van der Waals surface area contributed by atoms with Crippen LogP contribution >= 0.6 is 23.1 Å². The molecule has 0 bridgehead atoms. The maximum Gasteiger partial charge on any atom is 0.277 e. The van der Waals surface area contributed by atoms with Gasteiger partial charge in [-0.1, -0.05) is 48.2 Å². The molecule has 0 saturated carbocycles. The molecule has 1 N–H and O–H groups in total. The number of thiophene rings is 1. The third-order valence-corrected chi connectivity index (χ3v) is 4.82. The van der Waals surface area contributed by atoms with Crippen molar-refractivity contribution >= 4 is 29.0 Å². The van der Waals surface area contributed by atoms with Crippen molar-refractivity contribution in [1.29, 1.82) is 0 Å². The van der Waals surface area contributed by atoms with Crippen molar-refractivity contribution in [3.8, 4) is 10.8 Å². The number of carbonyl (C=O) groups excluding carboxylic acids is 1. The fourth-order valence-corrected chi connectivity index (χ4v) is 3.22. The standard InChI is InChI=1S/C16H15N3O2S2/c1-11(12-6-3-2-4-7-12)17-14(20)10-23-16-19-18-15(21-16)13-8-5-9-22-13/h2-9,11H,10H2,1H3,(H,17,20). The minimum Gasteiger partial charge on any atom is -0.410 e. The Balaban J connectivity index is 1.51. The quantitative estimate of drug-likeness (QED) is 0.689. The predicted octanol–water partition coefficient (Wildman–Crippen LogP) is 3.77. The lowest BCUT2D eigenvalue weighted by Gasteiger charge is -2.13. The summed E-state index contributed by atoms with van der Waals surface area (Å²) in [6.45, 7) is 1.96. The van der Waals surface area contributed by atoms with Crippen LogP contribution in [0.15, 0.2) is 57.5 Å². The van der Waals surface area contributed by atoms with Crippen LogP contribution < -0.4 is 5.32 Å². The molecule has 0 aliphatic heterocycles. The Bertz CT molecular complexity index is 757. The summed E-state index contributed by atoms with van der Waals surface area (Å²) in [4.78, 5) is 12.9. The van der Waals surface area contributed by atoms with Gasteiger partial charge in [0.1, 0.15) is 0 Å². The zero-order valence-electron chi connectivity index (χ0n) is 12.4. The van der Waals surface area contributed by atoms with E-state index in [4.69, 9.17) is 4.42 Å². The average molecular weight is 345 g/mol. The Morgan fingerprint density at radius 3 is 2.83 bits per heavy atom. The van der Waals surface area contributed by atoms with Crippen molar-refractivity contribution in [2.45, 2.75) is 18.2 Å². The molecule has 0 radical (unpaired) electrons. The maximum absolute atomic E-state index is 12.0. The highest BCUT2D eigenvalue weighted by Crippen LogP contribution is 2.26. The fraction of sp³-hybridized carbons (Fsp3) is 0.188. The predicted molar refractivity (Wildman–Crippen MR) is 91.3 cm³/mol. The number of amides is 1. The molecule has 1 aromatic carbocycles. The largest absolute Gasteiger partial charge is 0.410 e. The summed E-state index contributed by atoms with van der Waals surface area (Å²) in [6, 6.07) is 13.7. The summed E-state index contributed by atoms with van der Waals surface area (Å²) in [6.07, 6.45) is 0. The molecule has 0 aliphatic rings. The molecule has 0 saturated heterocycles. The molecule has 23 heavy (non-hydrogen) atoms. The van der Waals surface area contributed by atoms with Gasteiger partial charge in [-0.2, -0.15) is 0 Å². The number of carbonyl (C=O) groups is 1. The second-order valence-electron chi connectivity index (χ2n) is 4.84. The van der Waals surface area contributed by atoms with Gasteiger partial charge in [0, 0.05) is 0 Å². The maximum atomic E-state index is 12.0. The Morgan fingerprint density at radius 1 is 1.26 bits per heavy atom. The van der Waals surface area contributed by atoms with Gasteiger partial charge in [-0.25, -0.2) is 0 Å². The number of nitrogens with zero attached hydrogens (tertiary/aromatic N) is 2. The van der Waals surface area contributed by atoms with Gasteiger partial charge in [0.15, 0.2) is 0 Å². The lowest BCUT2D eigenvalue weighted by Crippen LogP contribution is -2.28. The van der Waals surface area contributed by atoms with Crippen LogP contribution in [0.25, 0.3) is 10.8 Å². The fourth-order valence-electron chi connectivity index (χ4n) is 2.00. The third kappa shape index (κ3) is 4.20. The molecule has 0 spiro atoms. The SMILES string of the molecule is CC(NC(=O)CSc1nnc(-c2cccs2)o1)c1ccccc1. The van der Waals surface area contributed by atoms with Crippen LogP contribution in [0.1, 0.15) is 18.5 Å². The topological polar surface area (TPSA) is 68.0 Å². The molecule has 7 heteroatoms. The highest BCUT2D eigenvalue weighted by molar-refractivity contribution is 7.99. The van der Waals surface area contributed by atoms with E-state index in [1.807, 2.05) is 54.8 Å². The van der Waals surface area contributed by atoms with E-state index in [0.717, 1.165) is 10.4 Å². The van der Waals surface area contributed by atoms with Crippen LogP contribution in [0.2, 0.25) is 0 Å². The van der Waals surface area contributed by atoms with Crippen LogP contribution in [0, 0.1) is 0 Å². The number of rotatable bonds is 6. The highest BCUT2D eigenvalue weighted by Gasteiger charge is 2.13. The second kappa shape index (κ2) is 7.43. The van der Waals surface area contributed by atoms with Crippen LogP contribution in [0.5, 0.6) is 0 Å². The minimum absolute atomic E-state index is 0.0336. The normalized spacial score (nSPS) is 12.0. The minimum atomic E-state index is -0.0674. The van der Waals surface area contributed by atoms with Crippen molar-refractivity contribution in [1.82, 2.24) is 15.5 Å². The molecule has 3 rings (SSSR count). The van der Waals surface area contributed by atoms with Crippen LogP contribution in [-0.2, 0) is 4.79 Å². The summed E-state index contributed by atoms with van der Waals surface area (Å²) in [5, 5.41) is 13.2. The Hall–Kier alpha value is -2.12. The van der Waals surface area contributed by atoms with Gasteiger partial charge < -0.3 is 9.73 Å². The molecule has 5 nitrogen and oxygen atoms in total. The van der Waals surface area contributed by atoms with Gasteiger partial charge >= 0.3 is 0 Å². The smallest absolute Gasteiger partial charge is 0.277 e. The Kier molecular flexibility index (Phi) is 5.09. The number of nitrogens with one attached hydrogen (secondary N) is 1. The van der Waals surface area contributed by atoms with E-state index in [-0.39, 0.29) is 17.7 Å². The first-order valence-corrected chi connectivity index (χ1v) is 8.93. The number of aromatic nitrogens is 2. The van der Waals surface area contributed by atoms with E-state index in [0.29, 0.717) is 11.1 Å². The zero-order valence-corrected chi connectivity index (χ0v) is 14.1.